The fraction of sp³-hybridized carbons (Fsp3) is 0.353. The van der Waals surface area contributed by atoms with Gasteiger partial charge in [-0.3, -0.25) is 4.79 Å². The SMILES string of the molecule is CCn1c(C)cc(=O)c(OCc2ccccc2)c1COC.Cl. The van der Waals surface area contributed by atoms with Crippen LogP contribution in [0.15, 0.2) is 41.2 Å². The number of halogens is 1. The maximum atomic E-state index is 12.2. The highest BCUT2D eigenvalue weighted by Crippen LogP contribution is 2.18. The fourth-order valence-electron chi connectivity index (χ4n) is 2.42. The van der Waals surface area contributed by atoms with Gasteiger partial charge in [0.05, 0.1) is 12.3 Å². The zero-order chi connectivity index (χ0) is 15.2. The first-order valence-corrected chi connectivity index (χ1v) is 7.06. The number of hydrogen-bond acceptors (Lipinski definition) is 3. The molecule has 0 aliphatic heterocycles. The van der Waals surface area contributed by atoms with Gasteiger partial charge in [-0.2, -0.15) is 0 Å². The van der Waals surface area contributed by atoms with Crippen LogP contribution in [0.3, 0.4) is 0 Å². The molecule has 0 unspecified atom stereocenters. The molecule has 0 N–H and O–H groups in total. The van der Waals surface area contributed by atoms with Crippen LogP contribution in [-0.4, -0.2) is 11.7 Å². The highest BCUT2D eigenvalue weighted by Gasteiger charge is 2.14. The number of aryl methyl sites for hydroxylation is 1. The molecule has 1 heterocycles. The summed E-state index contributed by atoms with van der Waals surface area (Å²) in [6, 6.07) is 11.4. The van der Waals surface area contributed by atoms with E-state index in [1.807, 2.05) is 48.7 Å². The molecule has 0 radical (unpaired) electrons. The Bertz CT molecular complexity index is 653. The molecule has 0 saturated carbocycles. The topological polar surface area (TPSA) is 40.5 Å². The minimum absolute atomic E-state index is 0. The summed E-state index contributed by atoms with van der Waals surface area (Å²) in [5, 5.41) is 0. The molecule has 0 bridgehead atoms. The van der Waals surface area contributed by atoms with Crippen LogP contribution in [0.2, 0.25) is 0 Å². The van der Waals surface area contributed by atoms with Gasteiger partial charge in [0.1, 0.15) is 6.61 Å². The van der Waals surface area contributed by atoms with E-state index in [0.717, 1.165) is 23.5 Å². The standard InChI is InChI=1S/C17H21NO3.ClH/c1-4-18-13(2)10-16(19)17(15(18)12-20-3)21-11-14-8-6-5-7-9-14;/h5-10H,4,11-12H2,1-3H3;1H. The average molecular weight is 324 g/mol. The Balaban J connectivity index is 0.00000242. The fourth-order valence-corrected chi connectivity index (χ4v) is 2.42. The van der Waals surface area contributed by atoms with Gasteiger partial charge < -0.3 is 14.0 Å². The quantitative estimate of drug-likeness (QED) is 0.818. The van der Waals surface area contributed by atoms with Crippen molar-refractivity contribution in [2.24, 2.45) is 0 Å². The van der Waals surface area contributed by atoms with Crippen LogP contribution in [0.5, 0.6) is 5.75 Å². The highest BCUT2D eigenvalue weighted by molar-refractivity contribution is 5.85. The molecule has 0 amide bonds. The van der Waals surface area contributed by atoms with Crippen molar-refractivity contribution in [3.05, 3.63) is 63.6 Å². The summed E-state index contributed by atoms with van der Waals surface area (Å²) < 4.78 is 13.1. The van der Waals surface area contributed by atoms with Crippen molar-refractivity contribution in [2.75, 3.05) is 7.11 Å². The Kier molecular flexibility index (Phi) is 7.15. The van der Waals surface area contributed by atoms with Crippen molar-refractivity contribution < 1.29 is 9.47 Å². The number of hydrogen-bond donors (Lipinski definition) is 0. The second-order valence-corrected chi connectivity index (χ2v) is 4.88. The molecule has 0 aliphatic carbocycles. The molecular weight excluding hydrogens is 302 g/mol. The van der Waals surface area contributed by atoms with E-state index >= 15 is 0 Å². The van der Waals surface area contributed by atoms with Crippen LogP contribution < -0.4 is 10.2 Å². The molecule has 0 spiro atoms. The van der Waals surface area contributed by atoms with Crippen LogP contribution in [0.1, 0.15) is 23.9 Å². The summed E-state index contributed by atoms with van der Waals surface area (Å²) in [7, 11) is 1.62. The Labute approximate surface area is 137 Å². The number of aromatic nitrogens is 1. The largest absolute Gasteiger partial charge is 0.483 e. The van der Waals surface area contributed by atoms with Gasteiger partial charge in [-0.05, 0) is 19.4 Å². The molecule has 1 aromatic carbocycles. The van der Waals surface area contributed by atoms with Gasteiger partial charge in [-0.1, -0.05) is 30.3 Å². The third kappa shape index (κ3) is 4.12. The lowest BCUT2D eigenvalue weighted by atomic mass is 10.2. The van der Waals surface area contributed by atoms with E-state index in [4.69, 9.17) is 9.47 Å². The van der Waals surface area contributed by atoms with Crippen molar-refractivity contribution in [2.45, 2.75) is 33.6 Å². The van der Waals surface area contributed by atoms with Crippen molar-refractivity contribution in [1.29, 1.82) is 0 Å². The Hall–Kier alpha value is -1.78. The summed E-state index contributed by atoms with van der Waals surface area (Å²) in [6.45, 7) is 5.46. The van der Waals surface area contributed by atoms with E-state index in [0.29, 0.717) is 19.0 Å². The van der Waals surface area contributed by atoms with Gasteiger partial charge in [-0.15, -0.1) is 12.4 Å². The van der Waals surface area contributed by atoms with Crippen molar-refractivity contribution in [3.63, 3.8) is 0 Å². The lowest BCUT2D eigenvalue weighted by Gasteiger charge is -2.18. The van der Waals surface area contributed by atoms with E-state index < -0.39 is 0 Å². The molecule has 0 atom stereocenters. The zero-order valence-corrected chi connectivity index (χ0v) is 14.0. The second-order valence-electron chi connectivity index (χ2n) is 4.88. The van der Waals surface area contributed by atoms with E-state index in [-0.39, 0.29) is 17.8 Å². The number of ether oxygens (including phenoxy) is 2. The Morgan fingerprint density at radius 2 is 1.82 bits per heavy atom. The molecule has 2 rings (SSSR count). The van der Waals surface area contributed by atoms with Crippen LogP contribution in [0.25, 0.3) is 0 Å². The monoisotopic (exact) mass is 323 g/mol. The molecule has 0 fully saturated rings. The van der Waals surface area contributed by atoms with Gasteiger partial charge in [-0.25, -0.2) is 0 Å². The molecular formula is C17H22ClNO3. The van der Waals surface area contributed by atoms with Crippen LogP contribution in [0.4, 0.5) is 0 Å². The lowest BCUT2D eigenvalue weighted by molar-refractivity contribution is 0.170. The number of rotatable bonds is 6. The van der Waals surface area contributed by atoms with Gasteiger partial charge in [0.15, 0.2) is 5.75 Å². The maximum Gasteiger partial charge on any atom is 0.224 e. The second kappa shape index (κ2) is 8.61. The normalized spacial score (nSPS) is 10.1. The Morgan fingerprint density at radius 3 is 2.41 bits per heavy atom. The number of methoxy groups -OCH3 is 1. The van der Waals surface area contributed by atoms with Gasteiger partial charge in [0, 0.05) is 25.4 Å². The zero-order valence-electron chi connectivity index (χ0n) is 13.2. The molecule has 2 aromatic rings. The molecule has 5 heteroatoms. The van der Waals surface area contributed by atoms with E-state index in [1.54, 1.807) is 13.2 Å². The summed E-state index contributed by atoms with van der Waals surface area (Å²) in [5.41, 5.74) is 2.65. The minimum Gasteiger partial charge on any atom is -0.483 e. The molecule has 120 valence electrons. The van der Waals surface area contributed by atoms with Gasteiger partial charge in [0.2, 0.25) is 5.43 Å². The predicted molar refractivity (Wildman–Crippen MR) is 89.8 cm³/mol. The van der Waals surface area contributed by atoms with Gasteiger partial charge >= 0.3 is 0 Å². The number of benzene rings is 1. The lowest BCUT2D eigenvalue weighted by Crippen LogP contribution is -2.19. The van der Waals surface area contributed by atoms with Crippen LogP contribution >= 0.6 is 12.4 Å². The van der Waals surface area contributed by atoms with E-state index in [1.165, 1.54) is 0 Å². The first-order valence-electron chi connectivity index (χ1n) is 7.06. The summed E-state index contributed by atoms with van der Waals surface area (Å²) in [4.78, 5) is 12.2. The van der Waals surface area contributed by atoms with Crippen LogP contribution in [0, 0.1) is 6.92 Å². The first-order chi connectivity index (χ1) is 10.2. The number of nitrogens with zero attached hydrogens (tertiary/aromatic N) is 1. The molecule has 0 saturated heterocycles. The molecule has 4 nitrogen and oxygen atoms in total. The molecule has 0 aliphatic rings. The Morgan fingerprint density at radius 1 is 1.14 bits per heavy atom. The maximum absolute atomic E-state index is 12.2. The predicted octanol–water partition coefficient (Wildman–Crippen LogP) is 3.32. The van der Waals surface area contributed by atoms with Crippen molar-refractivity contribution in [3.8, 4) is 5.75 Å². The summed E-state index contributed by atoms with van der Waals surface area (Å²) >= 11 is 0. The summed E-state index contributed by atoms with van der Waals surface area (Å²) in [6.07, 6.45) is 0. The van der Waals surface area contributed by atoms with Crippen molar-refractivity contribution >= 4 is 12.4 Å². The molecule has 1 aromatic heterocycles. The summed E-state index contributed by atoms with van der Waals surface area (Å²) in [5.74, 6) is 0.383. The minimum atomic E-state index is -0.0971. The van der Waals surface area contributed by atoms with Crippen molar-refractivity contribution in [1.82, 2.24) is 4.57 Å². The highest BCUT2D eigenvalue weighted by atomic mass is 35.5. The van der Waals surface area contributed by atoms with Gasteiger partial charge in [0.25, 0.3) is 0 Å². The molecule has 22 heavy (non-hydrogen) atoms. The average Bonchev–Trinajstić information content (AvgIpc) is 2.48. The smallest absolute Gasteiger partial charge is 0.224 e. The number of pyridine rings is 1. The third-order valence-corrected chi connectivity index (χ3v) is 3.40. The van der Waals surface area contributed by atoms with E-state index in [9.17, 15) is 4.79 Å². The first kappa shape index (κ1) is 18.3. The third-order valence-electron chi connectivity index (χ3n) is 3.40. The van der Waals surface area contributed by atoms with Crippen LogP contribution in [-0.2, 0) is 24.5 Å². The van der Waals surface area contributed by atoms with E-state index in [2.05, 4.69) is 0 Å².